The molecule has 0 radical (unpaired) electrons. The number of ether oxygens (including phenoxy) is 5. The standard InChI is InChI=1S/C23H27N5O7S.C23H25N5O6S/c1-23(31,12-29)13-34-15-6-5-7-16(8-15)35-20-10-19-18(27(3)22(30)28(19)4)9-17(20)25-36(32,33)21-11-26(2)14-24-21;1-23(13-33-23)12-32-15-6-5-7-16(8-15)34-20-10-19-18(27(3)22(29)28(19)4)9-17(20)25-35(30,31)21-11-26(2)14-24-21/h5-11,14,25,29,31H,12-13H2,1-4H3;5-11,14,25H,12-13H2,1-4H3. The molecule has 1 saturated heterocycles. The third-order valence-electron chi connectivity index (χ3n) is 11.3. The van der Waals surface area contributed by atoms with Crippen molar-refractivity contribution in [3.8, 4) is 34.5 Å². The van der Waals surface area contributed by atoms with E-state index in [1.807, 2.05) is 6.92 Å². The lowest BCUT2D eigenvalue weighted by Gasteiger charge is -2.20. The number of aliphatic hydroxyl groups excluding tert-OH is 1. The Balaban J connectivity index is 0.000000190. The summed E-state index contributed by atoms with van der Waals surface area (Å²) in [5.74, 6) is 2.06. The van der Waals surface area contributed by atoms with E-state index in [4.69, 9.17) is 23.7 Å². The van der Waals surface area contributed by atoms with Crippen molar-refractivity contribution in [3.05, 3.63) is 119 Å². The number of epoxide rings is 1. The smallest absolute Gasteiger partial charge is 0.328 e. The Morgan fingerprint density at radius 1 is 0.662 bits per heavy atom. The molecule has 71 heavy (non-hydrogen) atoms. The summed E-state index contributed by atoms with van der Waals surface area (Å²) in [7, 11) is 1.71. The van der Waals surface area contributed by atoms with E-state index in [0.29, 0.717) is 58.3 Å². The molecule has 9 rings (SSSR count). The minimum Gasteiger partial charge on any atom is -0.490 e. The number of benzene rings is 4. The van der Waals surface area contributed by atoms with Crippen molar-refractivity contribution in [2.75, 3.05) is 35.9 Å². The quantitative estimate of drug-likeness (QED) is 0.0948. The van der Waals surface area contributed by atoms with Crippen LogP contribution in [-0.2, 0) is 67.1 Å². The lowest BCUT2D eigenvalue weighted by Crippen LogP contribution is -2.36. The van der Waals surface area contributed by atoms with Gasteiger partial charge in [0, 0.05) is 78.9 Å². The van der Waals surface area contributed by atoms with Crippen molar-refractivity contribution >= 4 is 53.5 Å². The Morgan fingerprint density at radius 3 is 1.44 bits per heavy atom. The Kier molecular flexibility index (Phi) is 13.3. The number of hydrogen-bond donors (Lipinski definition) is 4. The molecule has 23 nitrogen and oxygen atoms in total. The van der Waals surface area contributed by atoms with E-state index < -0.39 is 32.3 Å². The van der Waals surface area contributed by atoms with Crippen molar-refractivity contribution in [2.45, 2.75) is 35.1 Å². The van der Waals surface area contributed by atoms with Gasteiger partial charge in [-0.15, -0.1) is 0 Å². The first-order valence-corrected chi connectivity index (χ1v) is 24.6. The molecule has 8 aromatic rings. The summed E-state index contributed by atoms with van der Waals surface area (Å²) in [4.78, 5) is 32.8. The molecule has 4 aromatic carbocycles. The number of aromatic nitrogens is 8. The van der Waals surface area contributed by atoms with Gasteiger partial charge in [0.1, 0.15) is 47.4 Å². The fourth-order valence-corrected chi connectivity index (χ4v) is 9.15. The zero-order valence-corrected chi connectivity index (χ0v) is 41.5. The number of hydrogen-bond acceptors (Lipinski definition) is 15. The lowest BCUT2D eigenvalue weighted by atomic mass is 10.1. The van der Waals surface area contributed by atoms with Gasteiger partial charge in [-0.3, -0.25) is 27.7 Å². The van der Waals surface area contributed by atoms with Crippen LogP contribution in [0.25, 0.3) is 22.1 Å². The van der Waals surface area contributed by atoms with Crippen molar-refractivity contribution < 1.29 is 50.7 Å². The van der Waals surface area contributed by atoms with Crippen molar-refractivity contribution in [2.24, 2.45) is 42.3 Å². The number of aryl methyl sites for hydroxylation is 6. The summed E-state index contributed by atoms with van der Waals surface area (Å²) >= 11 is 0. The first-order chi connectivity index (χ1) is 33.4. The number of rotatable bonds is 17. The van der Waals surface area contributed by atoms with E-state index in [0.717, 1.165) is 0 Å². The average molecular weight is 1020 g/mol. The van der Waals surface area contributed by atoms with Gasteiger partial charge in [-0.2, -0.15) is 16.8 Å². The lowest BCUT2D eigenvalue weighted by molar-refractivity contribution is -0.0325. The first-order valence-electron chi connectivity index (χ1n) is 21.6. The van der Waals surface area contributed by atoms with Crippen molar-refractivity contribution in [3.63, 3.8) is 0 Å². The second kappa shape index (κ2) is 19.0. The van der Waals surface area contributed by atoms with Gasteiger partial charge in [-0.05, 0) is 50.2 Å². The normalized spacial score (nSPS) is 15.5. The van der Waals surface area contributed by atoms with Gasteiger partial charge in [-0.1, -0.05) is 12.1 Å². The topological polar surface area (TPSA) is 272 Å². The van der Waals surface area contributed by atoms with Crippen LogP contribution in [0.5, 0.6) is 34.5 Å². The highest BCUT2D eigenvalue weighted by molar-refractivity contribution is 7.93. The summed E-state index contributed by atoms with van der Waals surface area (Å²) in [6, 6.07) is 19.8. The van der Waals surface area contributed by atoms with Gasteiger partial charge in [0.15, 0.2) is 21.6 Å². The molecule has 4 N–H and O–H groups in total. The molecule has 0 amide bonds. The highest BCUT2D eigenvalue weighted by Crippen LogP contribution is 2.38. The third kappa shape index (κ3) is 10.9. The Hall–Kier alpha value is -7.58. The fraction of sp³-hybridized carbons (Fsp3) is 0.304. The van der Waals surface area contributed by atoms with Gasteiger partial charge in [-0.25, -0.2) is 19.6 Å². The van der Waals surface area contributed by atoms with Gasteiger partial charge in [0.05, 0.1) is 59.3 Å². The van der Waals surface area contributed by atoms with Crippen molar-refractivity contribution in [1.29, 1.82) is 0 Å². The molecule has 5 heterocycles. The second-order valence-electron chi connectivity index (χ2n) is 17.6. The molecule has 2 atom stereocenters. The van der Waals surface area contributed by atoms with Gasteiger partial charge in [0.25, 0.3) is 20.0 Å². The molecule has 0 spiro atoms. The monoisotopic (exact) mass is 1020 g/mol. The summed E-state index contributed by atoms with van der Waals surface area (Å²) < 4.78 is 94.7. The maximum absolute atomic E-state index is 13.0. The van der Waals surface area contributed by atoms with E-state index >= 15 is 0 Å². The summed E-state index contributed by atoms with van der Waals surface area (Å²) in [6.45, 7) is 3.83. The Labute approximate surface area is 406 Å². The molecule has 1 aliphatic heterocycles. The largest absolute Gasteiger partial charge is 0.490 e. The van der Waals surface area contributed by atoms with E-state index in [2.05, 4.69) is 19.4 Å². The predicted molar refractivity (Wildman–Crippen MR) is 260 cm³/mol. The molecular formula is C46H52N10O13S2. The Morgan fingerprint density at radius 2 is 1.06 bits per heavy atom. The van der Waals surface area contributed by atoms with Gasteiger partial charge in [0.2, 0.25) is 0 Å². The maximum atomic E-state index is 13.0. The SMILES string of the molecule is Cn1cnc(S(=O)(=O)Nc2cc3c(cc2Oc2cccc(OCC(C)(O)CO)c2)n(C)c(=O)n3C)c1.Cn1cnc(S(=O)(=O)Nc2cc3c(cc2Oc2cccc(OCC4(C)CO4)c2)n(C)c(=O)n3C)c1. The average Bonchev–Trinajstić information content (AvgIpc) is 3.55. The molecule has 0 bridgehead atoms. The number of anilines is 2. The van der Waals surface area contributed by atoms with Crippen LogP contribution in [-0.4, -0.2) is 102 Å². The minimum absolute atomic E-state index is 0.101. The van der Waals surface area contributed by atoms with Crippen LogP contribution in [0.4, 0.5) is 11.4 Å². The zero-order chi connectivity index (χ0) is 51.2. The molecule has 25 heteroatoms. The molecule has 1 fully saturated rings. The van der Waals surface area contributed by atoms with Crippen LogP contribution in [0.3, 0.4) is 0 Å². The predicted octanol–water partition coefficient (Wildman–Crippen LogP) is 3.70. The van der Waals surface area contributed by atoms with Crippen LogP contribution in [0.15, 0.2) is 117 Å². The number of aliphatic hydroxyl groups is 2. The maximum Gasteiger partial charge on any atom is 0.328 e. The van der Waals surface area contributed by atoms with Crippen LogP contribution < -0.4 is 39.8 Å². The fourth-order valence-electron chi connectivity index (χ4n) is 7.07. The molecule has 2 unspecified atom stereocenters. The van der Waals surface area contributed by atoms with Crippen LogP contribution in [0, 0.1) is 0 Å². The van der Waals surface area contributed by atoms with Crippen LogP contribution in [0.2, 0.25) is 0 Å². The van der Waals surface area contributed by atoms with Crippen LogP contribution >= 0.6 is 0 Å². The highest BCUT2D eigenvalue weighted by atomic mass is 32.2. The van der Waals surface area contributed by atoms with Gasteiger partial charge < -0.3 is 43.0 Å². The second-order valence-corrected chi connectivity index (χ2v) is 20.8. The first kappa shape index (κ1) is 49.8. The zero-order valence-electron chi connectivity index (χ0n) is 39.8. The number of fused-ring (bicyclic) bond motifs is 2. The van der Waals surface area contributed by atoms with E-state index in [1.54, 1.807) is 109 Å². The summed E-state index contributed by atoms with van der Waals surface area (Å²) in [5.41, 5.74) is 0.195. The van der Waals surface area contributed by atoms with E-state index in [1.165, 1.54) is 65.4 Å². The third-order valence-corrected chi connectivity index (χ3v) is 13.8. The number of nitrogens with zero attached hydrogens (tertiary/aromatic N) is 8. The Bertz CT molecular complexity index is 3660. The number of nitrogens with one attached hydrogen (secondary N) is 2. The molecule has 4 aromatic heterocycles. The molecule has 0 aliphatic carbocycles. The summed E-state index contributed by atoms with van der Waals surface area (Å²) in [6.07, 6.45) is 5.52. The molecule has 0 saturated carbocycles. The molecular weight excluding hydrogens is 965 g/mol. The van der Waals surface area contributed by atoms with Gasteiger partial charge >= 0.3 is 11.4 Å². The van der Waals surface area contributed by atoms with Crippen molar-refractivity contribution in [1.82, 2.24) is 37.4 Å². The van der Waals surface area contributed by atoms with E-state index in [-0.39, 0.29) is 56.5 Å². The number of imidazole rings is 4. The highest BCUT2D eigenvalue weighted by Gasteiger charge is 2.40. The summed E-state index contributed by atoms with van der Waals surface area (Å²) in [5, 5.41) is 18.9. The molecule has 1 aliphatic rings. The minimum atomic E-state index is -4.06. The molecule has 376 valence electrons. The number of sulfonamides is 2. The van der Waals surface area contributed by atoms with E-state index in [9.17, 15) is 36.6 Å². The van der Waals surface area contributed by atoms with Crippen LogP contribution in [0.1, 0.15) is 13.8 Å².